The van der Waals surface area contributed by atoms with Crippen LogP contribution in [0.2, 0.25) is 0 Å². The summed E-state index contributed by atoms with van der Waals surface area (Å²) >= 11 is 5.83. The zero-order valence-corrected chi connectivity index (χ0v) is 10.4. The molecule has 0 spiro atoms. The lowest BCUT2D eigenvalue weighted by molar-refractivity contribution is 0.562. The highest BCUT2D eigenvalue weighted by Crippen LogP contribution is 2.01. The third kappa shape index (κ3) is 5.33. The first-order valence-corrected chi connectivity index (χ1v) is 6.14. The van der Waals surface area contributed by atoms with E-state index >= 15 is 0 Å². The zero-order chi connectivity index (χ0) is 11.8. The van der Waals surface area contributed by atoms with Crippen LogP contribution in [0.15, 0.2) is 29.2 Å². The summed E-state index contributed by atoms with van der Waals surface area (Å²) in [5, 5.41) is 3.55. The minimum Gasteiger partial charge on any atom is -0.315 e. The van der Waals surface area contributed by atoms with E-state index in [-0.39, 0.29) is 10.9 Å². The van der Waals surface area contributed by atoms with Crippen LogP contribution in [0.25, 0.3) is 0 Å². The fourth-order valence-corrected chi connectivity index (χ4v) is 1.63. The van der Waals surface area contributed by atoms with Gasteiger partial charge >= 0.3 is 0 Å². The SMILES string of the molecule is CC(Cl)CCCNCCn1ccccc1=O. The Hall–Kier alpha value is -0.800. The number of halogens is 1. The van der Waals surface area contributed by atoms with Crippen LogP contribution in [0, 0.1) is 0 Å². The van der Waals surface area contributed by atoms with Gasteiger partial charge in [-0.05, 0) is 32.4 Å². The number of aromatic nitrogens is 1. The van der Waals surface area contributed by atoms with E-state index in [4.69, 9.17) is 11.6 Å². The Balaban J connectivity index is 2.12. The smallest absolute Gasteiger partial charge is 0.250 e. The van der Waals surface area contributed by atoms with Gasteiger partial charge < -0.3 is 9.88 Å². The predicted molar refractivity (Wildman–Crippen MR) is 68.1 cm³/mol. The summed E-state index contributed by atoms with van der Waals surface area (Å²) in [5.74, 6) is 0. The van der Waals surface area contributed by atoms with Gasteiger partial charge in [-0.3, -0.25) is 4.79 Å². The molecule has 4 heteroatoms. The fraction of sp³-hybridized carbons (Fsp3) is 0.583. The van der Waals surface area contributed by atoms with Crippen LogP contribution in [-0.4, -0.2) is 23.0 Å². The molecule has 16 heavy (non-hydrogen) atoms. The average molecular weight is 243 g/mol. The van der Waals surface area contributed by atoms with Crippen LogP contribution < -0.4 is 10.9 Å². The predicted octanol–water partition coefficient (Wildman–Crippen LogP) is 1.85. The van der Waals surface area contributed by atoms with Crippen molar-refractivity contribution < 1.29 is 0 Å². The summed E-state index contributed by atoms with van der Waals surface area (Å²) in [7, 11) is 0. The quantitative estimate of drug-likeness (QED) is 0.585. The van der Waals surface area contributed by atoms with Crippen LogP contribution in [0.5, 0.6) is 0 Å². The van der Waals surface area contributed by atoms with Crippen LogP contribution in [0.4, 0.5) is 0 Å². The summed E-state index contributed by atoms with van der Waals surface area (Å²) < 4.78 is 1.71. The van der Waals surface area contributed by atoms with Crippen molar-refractivity contribution in [3.05, 3.63) is 34.7 Å². The van der Waals surface area contributed by atoms with Gasteiger partial charge in [-0.25, -0.2) is 0 Å². The fourth-order valence-electron chi connectivity index (χ4n) is 1.48. The molecule has 0 radical (unpaired) electrons. The summed E-state index contributed by atoms with van der Waals surface area (Å²) in [5.41, 5.74) is 0.0543. The highest BCUT2D eigenvalue weighted by molar-refractivity contribution is 6.20. The van der Waals surface area contributed by atoms with E-state index in [2.05, 4.69) is 5.32 Å². The van der Waals surface area contributed by atoms with Gasteiger partial charge in [-0.2, -0.15) is 0 Å². The summed E-state index contributed by atoms with van der Waals surface area (Å²) in [6, 6.07) is 5.21. The van der Waals surface area contributed by atoms with Crippen LogP contribution in [-0.2, 0) is 6.54 Å². The van der Waals surface area contributed by atoms with Crippen molar-refractivity contribution in [3.63, 3.8) is 0 Å². The number of nitrogens with one attached hydrogen (secondary N) is 1. The Bertz CT molecular complexity index is 349. The molecule has 0 aromatic carbocycles. The van der Waals surface area contributed by atoms with Gasteiger partial charge in [0.1, 0.15) is 0 Å². The molecule has 1 unspecified atom stereocenters. The van der Waals surface area contributed by atoms with E-state index in [0.29, 0.717) is 0 Å². The molecule has 1 heterocycles. The molecule has 1 N–H and O–H groups in total. The van der Waals surface area contributed by atoms with Gasteiger partial charge in [-0.1, -0.05) is 6.07 Å². The second kappa shape index (κ2) is 7.47. The molecule has 0 saturated carbocycles. The molecule has 0 bridgehead atoms. The molecule has 3 nitrogen and oxygen atoms in total. The number of hydrogen-bond acceptors (Lipinski definition) is 2. The van der Waals surface area contributed by atoms with Crippen molar-refractivity contribution in [3.8, 4) is 0 Å². The first kappa shape index (κ1) is 13.3. The molecule has 0 fully saturated rings. The van der Waals surface area contributed by atoms with Gasteiger partial charge in [0, 0.05) is 30.7 Å². The molecule has 1 rings (SSSR count). The topological polar surface area (TPSA) is 34.0 Å². The Morgan fingerprint density at radius 2 is 2.25 bits per heavy atom. The normalized spacial score (nSPS) is 12.6. The van der Waals surface area contributed by atoms with Crippen molar-refractivity contribution in [1.29, 1.82) is 0 Å². The molecular weight excluding hydrogens is 224 g/mol. The van der Waals surface area contributed by atoms with Crippen molar-refractivity contribution in [2.45, 2.75) is 31.7 Å². The first-order valence-electron chi connectivity index (χ1n) is 5.70. The van der Waals surface area contributed by atoms with E-state index in [1.807, 2.05) is 19.2 Å². The minimum atomic E-state index is 0.0543. The maximum Gasteiger partial charge on any atom is 0.250 e. The van der Waals surface area contributed by atoms with Crippen molar-refractivity contribution >= 4 is 11.6 Å². The molecule has 0 aliphatic rings. The highest BCUT2D eigenvalue weighted by Gasteiger charge is 1.96. The number of alkyl halides is 1. The Labute approximate surface area is 101 Å². The Morgan fingerprint density at radius 1 is 1.44 bits per heavy atom. The Morgan fingerprint density at radius 3 is 2.94 bits per heavy atom. The van der Waals surface area contributed by atoms with Gasteiger partial charge in [-0.15, -0.1) is 11.6 Å². The lowest BCUT2D eigenvalue weighted by Crippen LogP contribution is -2.26. The molecule has 0 amide bonds. The maximum atomic E-state index is 11.3. The van der Waals surface area contributed by atoms with Crippen LogP contribution in [0.1, 0.15) is 19.8 Å². The van der Waals surface area contributed by atoms with E-state index < -0.39 is 0 Å². The second-order valence-corrected chi connectivity index (χ2v) is 4.65. The molecule has 90 valence electrons. The van der Waals surface area contributed by atoms with E-state index in [9.17, 15) is 4.79 Å². The number of pyridine rings is 1. The number of rotatable bonds is 7. The third-order valence-electron chi connectivity index (χ3n) is 2.38. The maximum absolute atomic E-state index is 11.3. The van der Waals surface area contributed by atoms with Gasteiger partial charge in [0.25, 0.3) is 5.56 Å². The van der Waals surface area contributed by atoms with E-state index in [1.165, 1.54) is 0 Å². The molecule has 1 atom stereocenters. The van der Waals surface area contributed by atoms with Crippen molar-refractivity contribution in [2.75, 3.05) is 13.1 Å². The summed E-state index contributed by atoms with van der Waals surface area (Å²) in [4.78, 5) is 11.3. The third-order valence-corrected chi connectivity index (χ3v) is 2.60. The van der Waals surface area contributed by atoms with Crippen LogP contribution >= 0.6 is 11.6 Å². The minimum absolute atomic E-state index is 0.0543. The van der Waals surface area contributed by atoms with Crippen LogP contribution in [0.3, 0.4) is 0 Å². The molecule has 1 aromatic rings. The van der Waals surface area contributed by atoms with Crippen molar-refractivity contribution in [1.82, 2.24) is 9.88 Å². The Kier molecular flexibility index (Phi) is 6.19. The number of nitrogens with zero attached hydrogens (tertiary/aromatic N) is 1. The van der Waals surface area contributed by atoms with Gasteiger partial charge in [0.05, 0.1) is 0 Å². The van der Waals surface area contributed by atoms with E-state index in [0.717, 1.165) is 32.5 Å². The van der Waals surface area contributed by atoms with Crippen molar-refractivity contribution in [2.24, 2.45) is 0 Å². The lowest BCUT2D eigenvalue weighted by atomic mass is 10.2. The number of hydrogen-bond donors (Lipinski definition) is 1. The average Bonchev–Trinajstić information content (AvgIpc) is 2.25. The monoisotopic (exact) mass is 242 g/mol. The molecule has 0 saturated heterocycles. The lowest BCUT2D eigenvalue weighted by Gasteiger charge is -2.07. The molecular formula is C12H19ClN2O. The summed E-state index contributed by atoms with van der Waals surface area (Å²) in [6.07, 6.45) is 3.92. The first-order chi connectivity index (χ1) is 7.70. The van der Waals surface area contributed by atoms with Gasteiger partial charge in [0.2, 0.25) is 0 Å². The second-order valence-electron chi connectivity index (χ2n) is 3.91. The molecule has 1 aromatic heterocycles. The van der Waals surface area contributed by atoms with E-state index in [1.54, 1.807) is 16.7 Å². The highest BCUT2D eigenvalue weighted by atomic mass is 35.5. The zero-order valence-electron chi connectivity index (χ0n) is 9.66. The summed E-state index contributed by atoms with van der Waals surface area (Å²) in [6.45, 7) is 4.50. The standard InChI is InChI=1S/C12H19ClN2O/c1-11(13)5-4-7-14-8-10-15-9-3-2-6-12(15)16/h2-3,6,9,11,14H,4-5,7-8,10H2,1H3. The van der Waals surface area contributed by atoms with Gasteiger partial charge in [0.15, 0.2) is 0 Å². The molecule has 0 aliphatic carbocycles. The molecule has 0 aliphatic heterocycles. The largest absolute Gasteiger partial charge is 0.315 e.